The minimum Gasteiger partial charge on any atom is -0.469 e. The highest BCUT2D eigenvalue weighted by Crippen LogP contribution is 2.04. The van der Waals surface area contributed by atoms with E-state index < -0.39 is 10.0 Å². The second-order valence-corrected chi connectivity index (χ2v) is 5.22. The first-order chi connectivity index (χ1) is 6.97. The highest BCUT2D eigenvalue weighted by atomic mass is 32.2. The fourth-order valence-electron chi connectivity index (χ4n) is 1.20. The topological polar surface area (TPSA) is 63.7 Å². The Kier molecular flexibility index (Phi) is 6.51. The average Bonchev–Trinajstić information content (AvgIpc) is 2.17. The molecule has 5 nitrogen and oxygen atoms in total. The van der Waals surface area contributed by atoms with Crippen LogP contribution in [0.25, 0.3) is 0 Å². The third-order valence-electron chi connectivity index (χ3n) is 2.00. The molecule has 0 spiro atoms. The van der Waals surface area contributed by atoms with Gasteiger partial charge in [-0.1, -0.05) is 13.8 Å². The van der Waals surface area contributed by atoms with Gasteiger partial charge in [0, 0.05) is 13.1 Å². The smallest absolute Gasteiger partial charge is 0.306 e. The Labute approximate surface area is 91.5 Å². The van der Waals surface area contributed by atoms with E-state index in [1.54, 1.807) is 6.92 Å². The monoisotopic (exact) mass is 237 g/mol. The van der Waals surface area contributed by atoms with Crippen molar-refractivity contribution in [1.82, 2.24) is 4.31 Å². The number of hydrogen-bond acceptors (Lipinski definition) is 4. The first-order valence-electron chi connectivity index (χ1n) is 5.02. The number of carbonyl (C=O) groups excluding carboxylic acids is 1. The van der Waals surface area contributed by atoms with E-state index in [-0.39, 0.29) is 24.7 Å². The third kappa shape index (κ3) is 5.13. The maximum atomic E-state index is 11.6. The number of hydrogen-bond donors (Lipinski definition) is 0. The van der Waals surface area contributed by atoms with E-state index in [1.807, 2.05) is 6.92 Å². The van der Waals surface area contributed by atoms with E-state index in [2.05, 4.69) is 4.74 Å². The predicted octanol–water partition coefficient (Wildman–Crippen LogP) is 0.611. The number of sulfonamides is 1. The Morgan fingerprint density at radius 1 is 1.33 bits per heavy atom. The summed E-state index contributed by atoms with van der Waals surface area (Å²) in [5.74, 6) is -0.262. The zero-order valence-electron chi connectivity index (χ0n) is 9.52. The molecule has 0 N–H and O–H groups in total. The van der Waals surface area contributed by atoms with Gasteiger partial charge in [0.2, 0.25) is 10.0 Å². The molecule has 90 valence electrons. The van der Waals surface area contributed by atoms with E-state index in [4.69, 9.17) is 0 Å². The van der Waals surface area contributed by atoms with Crippen LogP contribution < -0.4 is 0 Å². The fraction of sp³-hybridized carbons (Fsp3) is 0.889. The molecule has 15 heavy (non-hydrogen) atoms. The fourth-order valence-corrected chi connectivity index (χ4v) is 2.74. The van der Waals surface area contributed by atoms with Crippen LogP contribution >= 0.6 is 0 Å². The maximum absolute atomic E-state index is 11.6. The molecule has 0 aliphatic rings. The van der Waals surface area contributed by atoms with Crippen LogP contribution in [0.1, 0.15) is 26.7 Å². The van der Waals surface area contributed by atoms with E-state index >= 15 is 0 Å². The lowest BCUT2D eigenvalue weighted by Crippen LogP contribution is -2.34. The van der Waals surface area contributed by atoms with E-state index in [9.17, 15) is 13.2 Å². The lowest BCUT2D eigenvalue weighted by Gasteiger charge is -2.19. The van der Waals surface area contributed by atoms with Gasteiger partial charge in [0.15, 0.2) is 0 Å². The molecule has 0 aromatic carbocycles. The molecule has 6 heteroatoms. The van der Waals surface area contributed by atoms with Crippen molar-refractivity contribution in [3.8, 4) is 0 Å². The van der Waals surface area contributed by atoms with E-state index in [0.29, 0.717) is 13.0 Å². The predicted molar refractivity (Wildman–Crippen MR) is 58.0 cm³/mol. The Bertz CT molecular complexity index is 286. The van der Waals surface area contributed by atoms with Gasteiger partial charge in [-0.05, 0) is 6.42 Å². The van der Waals surface area contributed by atoms with E-state index in [1.165, 1.54) is 11.4 Å². The molecule has 0 aliphatic heterocycles. The van der Waals surface area contributed by atoms with Crippen LogP contribution in [0.4, 0.5) is 0 Å². The maximum Gasteiger partial charge on any atom is 0.306 e. The SMILES string of the molecule is CCCS(=O)(=O)N(CC)CCC(=O)OC. The van der Waals surface area contributed by atoms with Crippen molar-refractivity contribution in [3.63, 3.8) is 0 Å². The van der Waals surface area contributed by atoms with Gasteiger partial charge >= 0.3 is 5.97 Å². The van der Waals surface area contributed by atoms with Crippen molar-refractivity contribution >= 4 is 16.0 Å². The molecule has 0 saturated carbocycles. The molecule has 0 aliphatic carbocycles. The van der Waals surface area contributed by atoms with Gasteiger partial charge in [0.25, 0.3) is 0 Å². The molecule has 0 atom stereocenters. The molecular weight excluding hydrogens is 218 g/mol. The van der Waals surface area contributed by atoms with Gasteiger partial charge in [-0.3, -0.25) is 4.79 Å². The molecule has 0 amide bonds. The number of nitrogens with zero attached hydrogens (tertiary/aromatic N) is 1. The highest BCUT2D eigenvalue weighted by Gasteiger charge is 2.19. The summed E-state index contributed by atoms with van der Waals surface area (Å²) >= 11 is 0. The Morgan fingerprint density at radius 2 is 1.93 bits per heavy atom. The lowest BCUT2D eigenvalue weighted by molar-refractivity contribution is -0.140. The van der Waals surface area contributed by atoms with Gasteiger partial charge in [0.1, 0.15) is 0 Å². The Morgan fingerprint density at radius 3 is 2.33 bits per heavy atom. The number of carbonyl (C=O) groups is 1. The van der Waals surface area contributed by atoms with Crippen LogP contribution in [0, 0.1) is 0 Å². The number of rotatable bonds is 7. The lowest BCUT2D eigenvalue weighted by atomic mass is 10.4. The number of ether oxygens (including phenoxy) is 1. The van der Waals surface area contributed by atoms with Crippen LogP contribution in [0.3, 0.4) is 0 Å². The summed E-state index contributed by atoms with van der Waals surface area (Å²) in [7, 11) is -1.91. The summed E-state index contributed by atoms with van der Waals surface area (Å²) in [4.78, 5) is 10.9. The Hall–Kier alpha value is -0.620. The van der Waals surface area contributed by atoms with Crippen LogP contribution in [0.15, 0.2) is 0 Å². The van der Waals surface area contributed by atoms with Crippen molar-refractivity contribution in [2.45, 2.75) is 26.7 Å². The van der Waals surface area contributed by atoms with Crippen molar-refractivity contribution in [1.29, 1.82) is 0 Å². The molecule has 0 radical (unpaired) electrons. The van der Waals surface area contributed by atoms with Crippen LogP contribution in [0.2, 0.25) is 0 Å². The average molecular weight is 237 g/mol. The van der Waals surface area contributed by atoms with Crippen molar-refractivity contribution in [2.75, 3.05) is 26.0 Å². The number of esters is 1. The van der Waals surface area contributed by atoms with Gasteiger partial charge < -0.3 is 4.74 Å². The molecule has 0 aromatic rings. The summed E-state index contributed by atoms with van der Waals surface area (Å²) in [5, 5.41) is 0. The standard InChI is InChI=1S/C9H19NO4S/c1-4-8-15(12,13)10(5-2)7-6-9(11)14-3/h4-8H2,1-3H3. The minimum absolute atomic E-state index is 0.104. The van der Waals surface area contributed by atoms with Gasteiger partial charge in [-0.15, -0.1) is 0 Å². The molecule has 0 unspecified atom stereocenters. The van der Waals surface area contributed by atoms with Gasteiger partial charge in [-0.25, -0.2) is 12.7 Å². The van der Waals surface area contributed by atoms with Crippen LogP contribution in [-0.2, 0) is 19.6 Å². The zero-order chi connectivity index (χ0) is 11.9. The summed E-state index contributed by atoms with van der Waals surface area (Å²) in [6.45, 7) is 4.15. The first kappa shape index (κ1) is 14.4. The summed E-state index contributed by atoms with van der Waals surface area (Å²) in [6.07, 6.45) is 0.685. The molecule has 0 fully saturated rings. The second-order valence-electron chi connectivity index (χ2n) is 3.13. The van der Waals surface area contributed by atoms with Crippen LogP contribution in [-0.4, -0.2) is 44.6 Å². The van der Waals surface area contributed by atoms with E-state index in [0.717, 1.165) is 0 Å². The minimum atomic E-state index is -3.20. The summed E-state index contributed by atoms with van der Waals surface area (Å²) < 4.78 is 29.0. The highest BCUT2D eigenvalue weighted by molar-refractivity contribution is 7.89. The summed E-state index contributed by atoms with van der Waals surface area (Å²) in [6, 6.07) is 0. The molecule has 0 bridgehead atoms. The summed E-state index contributed by atoms with van der Waals surface area (Å²) in [5.41, 5.74) is 0. The number of methoxy groups -OCH3 is 1. The van der Waals surface area contributed by atoms with Crippen molar-refractivity contribution in [2.24, 2.45) is 0 Å². The zero-order valence-corrected chi connectivity index (χ0v) is 10.3. The Balaban J connectivity index is 4.31. The van der Waals surface area contributed by atoms with Gasteiger partial charge in [-0.2, -0.15) is 0 Å². The normalized spacial score (nSPS) is 11.7. The first-order valence-corrected chi connectivity index (χ1v) is 6.63. The molecular formula is C9H19NO4S. The second kappa shape index (κ2) is 6.79. The van der Waals surface area contributed by atoms with Crippen molar-refractivity contribution < 1.29 is 17.9 Å². The largest absolute Gasteiger partial charge is 0.469 e. The van der Waals surface area contributed by atoms with Crippen LogP contribution in [0.5, 0.6) is 0 Å². The molecule has 0 rings (SSSR count). The molecule has 0 aromatic heterocycles. The third-order valence-corrected chi connectivity index (χ3v) is 4.15. The van der Waals surface area contributed by atoms with Gasteiger partial charge in [0.05, 0.1) is 19.3 Å². The molecule has 0 saturated heterocycles. The molecule has 0 heterocycles. The quantitative estimate of drug-likeness (QED) is 0.609. The van der Waals surface area contributed by atoms with Crippen molar-refractivity contribution in [3.05, 3.63) is 0 Å².